The van der Waals surface area contributed by atoms with Gasteiger partial charge in [0.2, 0.25) is 5.91 Å². The summed E-state index contributed by atoms with van der Waals surface area (Å²) in [4.78, 5) is 25.6. The van der Waals surface area contributed by atoms with E-state index in [-0.39, 0.29) is 18.4 Å². The topological polar surface area (TPSA) is 70.6 Å². The highest BCUT2D eigenvalue weighted by molar-refractivity contribution is 5.79. The van der Waals surface area contributed by atoms with E-state index in [0.717, 1.165) is 36.9 Å². The molecule has 1 amide bonds. The van der Waals surface area contributed by atoms with Gasteiger partial charge in [-0.15, -0.1) is 0 Å². The second kappa shape index (κ2) is 9.72. The van der Waals surface area contributed by atoms with Crippen LogP contribution in [-0.2, 0) is 22.3 Å². The van der Waals surface area contributed by atoms with Crippen LogP contribution < -0.4 is 15.1 Å². The van der Waals surface area contributed by atoms with Crippen LogP contribution in [0.2, 0.25) is 0 Å². The van der Waals surface area contributed by atoms with Gasteiger partial charge in [0.1, 0.15) is 18.0 Å². The zero-order chi connectivity index (χ0) is 22.6. The van der Waals surface area contributed by atoms with E-state index in [2.05, 4.69) is 25.1 Å². The first kappa shape index (κ1) is 22.3. The molecule has 2 saturated heterocycles. The van der Waals surface area contributed by atoms with Gasteiger partial charge < -0.3 is 19.9 Å². The van der Waals surface area contributed by atoms with Crippen LogP contribution in [-0.4, -0.2) is 55.3 Å². The zero-order valence-corrected chi connectivity index (χ0v) is 17.6. The molecule has 32 heavy (non-hydrogen) atoms. The Kier molecular flexibility index (Phi) is 6.78. The van der Waals surface area contributed by atoms with Crippen molar-refractivity contribution in [3.05, 3.63) is 47.8 Å². The third kappa shape index (κ3) is 5.48. The molecule has 0 aliphatic carbocycles. The van der Waals surface area contributed by atoms with E-state index in [0.29, 0.717) is 44.7 Å². The summed E-state index contributed by atoms with van der Waals surface area (Å²) in [5.41, 5.74) is -0.277. The fourth-order valence-corrected chi connectivity index (χ4v) is 4.04. The van der Waals surface area contributed by atoms with Crippen molar-refractivity contribution in [2.24, 2.45) is 5.92 Å². The average Bonchev–Trinajstić information content (AvgIpc) is 2.83. The summed E-state index contributed by atoms with van der Waals surface area (Å²) in [5.74, 6) is 1.42. The monoisotopic (exact) mass is 449 g/mol. The van der Waals surface area contributed by atoms with E-state index >= 15 is 0 Å². The van der Waals surface area contributed by atoms with E-state index in [1.807, 2.05) is 6.07 Å². The molecule has 4 rings (SSSR count). The Labute approximate surface area is 184 Å². The molecule has 172 valence electrons. The van der Waals surface area contributed by atoms with Crippen LogP contribution in [0.25, 0.3) is 0 Å². The normalized spacial score (nSPS) is 18.0. The maximum absolute atomic E-state index is 12.9. The molecule has 0 bridgehead atoms. The molecule has 10 heteroatoms. The number of halogens is 3. The average molecular weight is 449 g/mol. The Morgan fingerprint density at radius 2 is 1.69 bits per heavy atom. The van der Waals surface area contributed by atoms with Crippen molar-refractivity contribution in [3.8, 4) is 0 Å². The predicted molar refractivity (Wildman–Crippen MR) is 113 cm³/mol. The van der Waals surface area contributed by atoms with Gasteiger partial charge in [-0.1, -0.05) is 12.1 Å². The van der Waals surface area contributed by atoms with Crippen molar-refractivity contribution < 1.29 is 22.7 Å². The molecule has 0 atom stereocenters. The first-order valence-corrected chi connectivity index (χ1v) is 10.7. The van der Waals surface area contributed by atoms with E-state index in [4.69, 9.17) is 4.74 Å². The number of hydrogen-bond donors (Lipinski definition) is 1. The van der Waals surface area contributed by atoms with Crippen molar-refractivity contribution in [1.82, 2.24) is 15.3 Å². The van der Waals surface area contributed by atoms with Crippen LogP contribution in [0.15, 0.2) is 36.7 Å². The number of anilines is 2. The summed E-state index contributed by atoms with van der Waals surface area (Å²) in [6, 6.07) is 7.01. The standard InChI is InChI=1S/C22H26F3N5O2/c23-22(24,25)18-3-1-2-16(12-18)14-26-21(31)17-4-6-29(7-5-17)19-13-20(28-15-27-19)30-8-10-32-11-9-30/h1-3,12-13,15,17H,4-11,14H2,(H,26,31). The number of carbonyl (C=O) groups is 1. The molecule has 7 nitrogen and oxygen atoms in total. The molecule has 1 aromatic heterocycles. The first-order valence-electron chi connectivity index (χ1n) is 10.7. The number of rotatable bonds is 5. The predicted octanol–water partition coefficient (Wildman–Crippen LogP) is 2.86. The Morgan fingerprint density at radius 1 is 1.03 bits per heavy atom. The molecule has 1 N–H and O–H groups in total. The minimum Gasteiger partial charge on any atom is -0.378 e. The Hall–Kier alpha value is -2.88. The zero-order valence-electron chi connectivity index (χ0n) is 17.6. The highest BCUT2D eigenvalue weighted by atomic mass is 19.4. The van der Waals surface area contributed by atoms with E-state index in [1.165, 1.54) is 6.07 Å². The van der Waals surface area contributed by atoms with Gasteiger partial charge in [-0.3, -0.25) is 4.79 Å². The number of carbonyl (C=O) groups excluding carboxylic acids is 1. The second-order valence-electron chi connectivity index (χ2n) is 8.01. The third-order valence-electron chi connectivity index (χ3n) is 5.88. The maximum atomic E-state index is 12.9. The van der Waals surface area contributed by atoms with Crippen molar-refractivity contribution in [1.29, 1.82) is 0 Å². The number of aromatic nitrogens is 2. The number of alkyl halides is 3. The number of nitrogens with one attached hydrogen (secondary N) is 1. The van der Waals surface area contributed by atoms with Crippen LogP contribution in [0.1, 0.15) is 24.0 Å². The summed E-state index contributed by atoms with van der Waals surface area (Å²) in [6.45, 7) is 4.40. The Bertz CT molecular complexity index is 926. The largest absolute Gasteiger partial charge is 0.416 e. The quantitative estimate of drug-likeness (QED) is 0.757. The van der Waals surface area contributed by atoms with E-state index < -0.39 is 11.7 Å². The second-order valence-corrected chi connectivity index (χ2v) is 8.01. The molecule has 0 radical (unpaired) electrons. The Morgan fingerprint density at radius 3 is 2.34 bits per heavy atom. The molecule has 0 unspecified atom stereocenters. The number of nitrogens with zero attached hydrogens (tertiary/aromatic N) is 4. The fourth-order valence-electron chi connectivity index (χ4n) is 4.04. The molecule has 3 heterocycles. The number of benzene rings is 1. The molecule has 2 aromatic rings. The lowest BCUT2D eigenvalue weighted by Crippen LogP contribution is -2.41. The van der Waals surface area contributed by atoms with Crippen LogP contribution in [0.3, 0.4) is 0 Å². The summed E-state index contributed by atoms with van der Waals surface area (Å²) in [6.07, 6.45) is -1.51. The Balaban J connectivity index is 1.29. The molecule has 2 fully saturated rings. The number of amides is 1. The first-order chi connectivity index (χ1) is 15.4. The lowest BCUT2D eigenvalue weighted by Gasteiger charge is -2.33. The minimum atomic E-state index is -4.39. The van der Waals surface area contributed by atoms with E-state index in [9.17, 15) is 18.0 Å². The summed E-state index contributed by atoms with van der Waals surface area (Å²) < 4.78 is 44.0. The number of ether oxygens (including phenoxy) is 1. The molecule has 0 saturated carbocycles. The SMILES string of the molecule is O=C(NCc1cccc(C(F)(F)F)c1)C1CCN(c2cc(N3CCOCC3)ncn2)CC1. The van der Waals surface area contributed by atoms with Crippen molar-refractivity contribution in [3.63, 3.8) is 0 Å². The summed E-state index contributed by atoms with van der Waals surface area (Å²) >= 11 is 0. The van der Waals surface area contributed by atoms with Crippen LogP contribution in [0, 0.1) is 5.92 Å². The summed E-state index contributed by atoms with van der Waals surface area (Å²) in [7, 11) is 0. The van der Waals surface area contributed by atoms with Crippen molar-refractivity contribution in [2.75, 3.05) is 49.2 Å². The molecular formula is C22H26F3N5O2. The summed E-state index contributed by atoms with van der Waals surface area (Å²) in [5, 5.41) is 2.79. The van der Waals surface area contributed by atoms with Gasteiger partial charge in [0.15, 0.2) is 0 Å². The minimum absolute atomic E-state index is 0.0811. The third-order valence-corrected chi connectivity index (χ3v) is 5.88. The maximum Gasteiger partial charge on any atom is 0.416 e. The van der Waals surface area contributed by atoms with Gasteiger partial charge in [-0.2, -0.15) is 13.2 Å². The van der Waals surface area contributed by atoms with Crippen LogP contribution in [0.5, 0.6) is 0 Å². The smallest absolute Gasteiger partial charge is 0.378 e. The molecule has 2 aliphatic rings. The van der Waals surface area contributed by atoms with Crippen molar-refractivity contribution in [2.45, 2.75) is 25.6 Å². The molecule has 0 spiro atoms. The van der Waals surface area contributed by atoms with Gasteiger partial charge in [0.05, 0.1) is 18.8 Å². The number of hydrogen-bond acceptors (Lipinski definition) is 6. The molecular weight excluding hydrogens is 423 g/mol. The molecule has 2 aliphatic heterocycles. The van der Waals surface area contributed by atoms with Gasteiger partial charge >= 0.3 is 6.18 Å². The molecule has 1 aromatic carbocycles. The van der Waals surface area contributed by atoms with Crippen molar-refractivity contribution >= 4 is 17.5 Å². The van der Waals surface area contributed by atoms with Crippen LogP contribution in [0.4, 0.5) is 24.8 Å². The van der Waals surface area contributed by atoms with Gasteiger partial charge in [-0.25, -0.2) is 9.97 Å². The lowest BCUT2D eigenvalue weighted by atomic mass is 9.95. The highest BCUT2D eigenvalue weighted by Crippen LogP contribution is 2.29. The fraction of sp³-hybridized carbons (Fsp3) is 0.500. The van der Waals surface area contributed by atoms with Gasteiger partial charge in [0.25, 0.3) is 0 Å². The number of morpholine rings is 1. The lowest BCUT2D eigenvalue weighted by molar-refractivity contribution is -0.137. The van der Waals surface area contributed by atoms with E-state index in [1.54, 1.807) is 12.4 Å². The van der Waals surface area contributed by atoms with Gasteiger partial charge in [-0.05, 0) is 30.5 Å². The number of piperidine rings is 1. The van der Waals surface area contributed by atoms with Gasteiger partial charge in [0, 0.05) is 44.7 Å². The highest BCUT2D eigenvalue weighted by Gasteiger charge is 2.30. The van der Waals surface area contributed by atoms with Crippen LogP contribution >= 0.6 is 0 Å².